The van der Waals surface area contributed by atoms with Crippen molar-refractivity contribution in [2.45, 2.75) is 0 Å². The van der Waals surface area contributed by atoms with Gasteiger partial charge in [0.25, 0.3) is 5.91 Å². The normalized spacial score (nSPS) is 10.0. The molecule has 0 saturated carbocycles. The van der Waals surface area contributed by atoms with Crippen molar-refractivity contribution in [2.24, 2.45) is 5.73 Å². The lowest BCUT2D eigenvalue weighted by Gasteiger charge is -2.09. The summed E-state index contributed by atoms with van der Waals surface area (Å²) in [5, 5.41) is 4.92. The van der Waals surface area contributed by atoms with E-state index >= 15 is 0 Å². The van der Waals surface area contributed by atoms with Gasteiger partial charge in [-0.05, 0) is 36.4 Å². The van der Waals surface area contributed by atoms with Gasteiger partial charge in [-0.2, -0.15) is 0 Å². The molecule has 3 amide bonds. The maximum absolute atomic E-state index is 13.0. The number of nitrogens with two attached hydrogens (primary N) is 1. The van der Waals surface area contributed by atoms with Gasteiger partial charge in [-0.15, -0.1) is 0 Å². The molecule has 0 aliphatic rings. The summed E-state index contributed by atoms with van der Waals surface area (Å²) in [5.41, 5.74) is 6.02. The number of carbonyl (C=O) groups excluding carboxylic acids is 2. The first-order valence-corrected chi connectivity index (χ1v) is 6.86. The van der Waals surface area contributed by atoms with Crippen LogP contribution in [0.25, 0.3) is 0 Å². The molecule has 2 aromatic carbocycles. The van der Waals surface area contributed by atoms with Crippen molar-refractivity contribution in [3.63, 3.8) is 0 Å². The summed E-state index contributed by atoms with van der Waals surface area (Å²) < 4.78 is 18.2. The Morgan fingerprint density at radius 2 is 1.70 bits per heavy atom. The molecule has 0 aliphatic heterocycles. The lowest BCUT2D eigenvalue weighted by Crippen LogP contribution is -2.20. The number of benzene rings is 2. The maximum atomic E-state index is 13.0. The van der Waals surface area contributed by atoms with E-state index in [1.54, 1.807) is 24.3 Å². The van der Waals surface area contributed by atoms with Crippen molar-refractivity contribution in [3.05, 3.63) is 53.3 Å². The van der Waals surface area contributed by atoms with Crippen LogP contribution in [0.5, 0.6) is 5.75 Å². The third kappa shape index (κ3) is 5.15. The van der Waals surface area contributed by atoms with Crippen LogP contribution in [0.2, 0.25) is 5.02 Å². The largest absolute Gasteiger partial charge is 0.484 e. The predicted molar refractivity (Wildman–Crippen MR) is 85.2 cm³/mol. The van der Waals surface area contributed by atoms with Crippen LogP contribution in [0.1, 0.15) is 0 Å². The SMILES string of the molecule is NC(=O)Nc1ccc(NC(=O)COc2ccc(F)c(Cl)c2)cc1. The Labute approximate surface area is 136 Å². The Morgan fingerprint density at radius 3 is 2.26 bits per heavy atom. The highest BCUT2D eigenvalue weighted by Gasteiger charge is 2.06. The number of urea groups is 1. The first kappa shape index (κ1) is 16.6. The summed E-state index contributed by atoms with van der Waals surface area (Å²) >= 11 is 5.62. The first-order chi connectivity index (χ1) is 10.9. The number of ether oxygens (including phenoxy) is 1. The van der Waals surface area contributed by atoms with E-state index in [0.29, 0.717) is 11.4 Å². The van der Waals surface area contributed by atoms with Crippen LogP contribution in [0.15, 0.2) is 42.5 Å². The number of hydrogen-bond donors (Lipinski definition) is 3. The van der Waals surface area contributed by atoms with E-state index in [9.17, 15) is 14.0 Å². The molecule has 2 rings (SSSR count). The van der Waals surface area contributed by atoms with E-state index in [-0.39, 0.29) is 17.4 Å². The van der Waals surface area contributed by atoms with Gasteiger partial charge in [-0.3, -0.25) is 4.79 Å². The Bertz CT molecular complexity index is 722. The average Bonchev–Trinajstić information content (AvgIpc) is 2.50. The van der Waals surface area contributed by atoms with Crippen LogP contribution in [-0.2, 0) is 4.79 Å². The van der Waals surface area contributed by atoms with Gasteiger partial charge in [0.2, 0.25) is 0 Å². The molecule has 0 fully saturated rings. The van der Waals surface area contributed by atoms with Gasteiger partial charge in [0.05, 0.1) is 5.02 Å². The predicted octanol–water partition coefficient (Wildman–Crippen LogP) is 2.99. The molecule has 0 unspecified atom stereocenters. The summed E-state index contributed by atoms with van der Waals surface area (Å²) in [5.74, 6) is -0.679. The molecule has 0 aromatic heterocycles. The topological polar surface area (TPSA) is 93.5 Å². The molecule has 0 spiro atoms. The summed E-state index contributed by atoms with van der Waals surface area (Å²) in [4.78, 5) is 22.5. The first-order valence-electron chi connectivity index (χ1n) is 6.48. The van der Waals surface area contributed by atoms with E-state index in [2.05, 4.69) is 10.6 Å². The zero-order chi connectivity index (χ0) is 16.8. The lowest BCUT2D eigenvalue weighted by molar-refractivity contribution is -0.118. The Balaban J connectivity index is 1.86. The van der Waals surface area contributed by atoms with Gasteiger partial charge in [0.1, 0.15) is 11.6 Å². The number of anilines is 2. The Hall–Kier alpha value is -2.80. The second-order valence-electron chi connectivity index (χ2n) is 4.48. The number of amides is 3. The van der Waals surface area contributed by atoms with Crippen molar-refractivity contribution < 1.29 is 18.7 Å². The van der Waals surface area contributed by atoms with Gasteiger partial charge in [-0.25, -0.2) is 9.18 Å². The molecule has 0 aliphatic carbocycles. The van der Waals surface area contributed by atoms with Crippen molar-refractivity contribution in [1.29, 1.82) is 0 Å². The van der Waals surface area contributed by atoms with E-state index < -0.39 is 17.8 Å². The highest BCUT2D eigenvalue weighted by molar-refractivity contribution is 6.30. The standard InChI is InChI=1S/C15H13ClFN3O3/c16-12-7-11(5-6-13(12)17)23-8-14(21)19-9-1-3-10(4-2-9)20-15(18)22/h1-7H,8H2,(H,19,21)(H3,18,20,22). The lowest BCUT2D eigenvalue weighted by atomic mass is 10.3. The van der Waals surface area contributed by atoms with E-state index in [1.807, 2.05) is 0 Å². The average molecular weight is 338 g/mol. The minimum Gasteiger partial charge on any atom is -0.484 e. The van der Waals surface area contributed by atoms with Crippen LogP contribution in [0, 0.1) is 5.82 Å². The minimum atomic E-state index is -0.673. The number of halogens is 2. The van der Waals surface area contributed by atoms with Gasteiger partial charge in [0, 0.05) is 17.4 Å². The molecule has 0 atom stereocenters. The van der Waals surface area contributed by atoms with Gasteiger partial charge < -0.3 is 21.1 Å². The number of primary amides is 1. The second-order valence-corrected chi connectivity index (χ2v) is 4.89. The van der Waals surface area contributed by atoms with Gasteiger partial charge in [0.15, 0.2) is 6.61 Å². The zero-order valence-electron chi connectivity index (χ0n) is 11.8. The molecule has 0 bridgehead atoms. The fourth-order valence-electron chi connectivity index (χ4n) is 1.69. The van der Waals surface area contributed by atoms with Crippen LogP contribution in [0.4, 0.5) is 20.6 Å². The third-order valence-corrected chi connectivity index (χ3v) is 2.99. The van der Waals surface area contributed by atoms with Crippen molar-refractivity contribution in [3.8, 4) is 5.75 Å². The fraction of sp³-hybridized carbons (Fsp3) is 0.0667. The Morgan fingerprint density at radius 1 is 1.09 bits per heavy atom. The van der Waals surface area contributed by atoms with Gasteiger partial charge >= 0.3 is 6.03 Å². The molecule has 0 heterocycles. The summed E-state index contributed by atoms with van der Waals surface area (Å²) in [6.07, 6.45) is 0. The Kier molecular flexibility index (Phi) is 5.37. The van der Waals surface area contributed by atoms with Gasteiger partial charge in [-0.1, -0.05) is 11.6 Å². The van der Waals surface area contributed by atoms with Crippen LogP contribution in [-0.4, -0.2) is 18.5 Å². The second kappa shape index (κ2) is 7.46. The van der Waals surface area contributed by atoms with Crippen molar-refractivity contribution in [1.82, 2.24) is 0 Å². The van der Waals surface area contributed by atoms with E-state index in [1.165, 1.54) is 12.1 Å². The van der Waals surface area contributed by atoms with E-state index in [0.717, 1.165) is 6.07 Å². The molecular weight excluding hydrogens is 325 g/mol. The molecule has 8 heteroatoms. The molecular formula is C15H13ClFN3O3. The third-order valence-electron chi connectivity index (χ3n) is 2.70. The van der Waals surface area contributed by atoms with Crippen LogP contribution >= 0.6 is 11.6 Å². The maximum Gasteiger partial charge on any atom is 0.316 e. The molecule has 0 radical (unpaired) electrons. The highest BCUT2D eigenvalue weighted by atomic mass is 35.5. The molecule has 23 heavy (non-hydrogen) atoms. The number of carbonyl (C=O) groups is 2. The number of hydrogen-bond acceptors (Lipinski definition) is 3. The molecule has 0 saturated heterocycles. The smallest absolute Gasteiger partial charge is 0.316 e. The molecule has 6 nitrogen and oxygen atoms in total. The zero-order valence-corrected chi connectivity index (χ0v) is 12.6. The molecule has 4 N–H and O–H groups in total. The summed E-state index contributed by atoms with van der Waals surface area (Å²) in [7, 11) is 0. The summed E-state index contributed by atoms with van der Waals surface area (Å²) in [6.45, 7) is -0.261. The molecule has 120 valence electrons. The fourth-order valence-corrected chi connectivity index (χ4v) is 1.86. The summed E-state index contributed by atoms with van der Waals surface area (Å²) in [6, 6.07) is 9.50. The monoisotopic (exact) mass is 337 g/mol. The van der Waals surface area contributed by atoms with Crippen molar-refractivity contribution >= 4 is 34.9 Å². The quantitative estimate of drug-likeness (QED) is 0.783. The number of rotatable bonds is 5. The number of nitrogens with one attached hydrogen (secondary N) is 2. The van der Waals surface area contributed by atoms with Crippen molar-refractivity contribution in [2.75, 3.05) is 17.2 Å². The van der Waals surface area contributed by atoms with Crippen LogP contribution in [0.3, 0.4) is 0 Å². The highest BCUT2D eigenvalue weighted by Crippen LogP contribution is 2.21. The van der Waals surface area contributed by atoms with E-state index in [4.69, 9.17) is 22.1 Å². The molecule has 2 aromatic rings. The minimum absolute atomic E-state index is 0.0829. The van der Waals surface area contributed by atoms with Crippen LogP contribution < -0.4 is 21.1 Å².